The Morgan fingerprint density at radius 3 is 2.83 bits per heavy atom. The number of carbonyl (C=O) groups is 1. The number of amides is 1. The molecule has 35 heavy (non-hydrogen) atoms. The number of aliphatic hydroxyl groups is 1. The highest BCUT2D eigenvalue weighted by molar-refractivity contribution is 6.06. The van der Waals surface area contributed by atoms with Crippen LogP contribution in [0.2, 0.25) is 0 Å². The van der Waals surface area contributed by atoms with E-state index in [4.69, 9.17) is 9.72 Å². The number of fused-ring (bicyclic) bond motifs is 2. The molecule has 3 heterocycles. The van der Waals surface area contributed by atoms with Crippen molar-refractivity contribution in [2.45, 2.75) is 44.7 Å². The smallest absolute Gasteiger partial charge is 0.255 e. The number of aromatic nitrogens is 1. The number of hydrogen-bond donors (Lipinski definition) is 1. The number of rotatable bonds is 5. The second-order valence-corrected chi connectivity index (χ2v) is 10.3. The monoisotopic (exact) mass is 471 g/mol. The van der Waals surface area contributed by atoms with Gasteiger partial charge in [0.1, 0.15) is 12.4 Å². The van der Waals surface area contributed by atoms with Crippen LogP contribution in [0.3, 0.4) is 0 Å². The van der Waals surface area contributed by atoms with Gasteiger partial charge in [-0.1, -0.05) is 24.3 Å². The number of carbonyl (C=O) groups excluding carboxylic acids is 1. The van der Waals surface area contributed by atoms with Crippen LogP contribution in [-0.4, -0.2) is 58.6 Å². The number of nitrogens with zero attached hydrogens (tertiary/aromatic N) is 3. The van der Waals surface area contributed by atoms with E-state index < -0.39 is 0 Å². The Bertz CT molecular complexity index is 1240. The van der Waals surface area contributed by atoms with Gasteiger partial charge in [0.15, 0.2) is 0 Å². The fourth-order valence-corrected chi connectivity index (χ4v) is 5.55. The molecule has 6 nitrogen and oxygen atoms in total. The molecule has 6 heteroatoms. The quantitative estimate of drug-likeness (QED) is 0.599. The molecule has 0 spiro atoms. The van der Waals surface area contributed by atoms with E-state index in [1.807, 2.05) is 35.2 Å². The van der Waals surface area contributed by atoms with Gasteiger partial charge in [-0.05, 0) is 68.0 Å². The molecule has 1 saturated heterocycles. The molecule has 6 rings (SSSR count). The lowest BCUT2D eigenvalue weighted by Crippen LogP contribution is -2.36. The maximum Gasteiger partial charge on any atom is 0.255 e. The van der Waals surface area contributed by atoms with E-state index >= 15 is 0 Å². The van der Waals surface area contributed by atoms with Crippen molar-refractivity contribution in [3.63, 3.8) is 0 Å². The molecule has 3 aliphatic rings. The molecule has 2 aromatic carbocycles. The van der Waals surface area contributed by atoms with Crippen LogP contribution in [0.25, 0.3) is 10.9 Å². The first kappa shape index (κ1) is 22.5. The Morgan fingerprint density at radius 2 is 1.97 bits per heavy atom. The van der Waals surface area contributed by atoms with Crippen LogP contribution < -0.4 is 4.74 Å². The summed E-state index contributed by atoms with van der Waals surface area (Å²) in [6.45, 7) is 4.70. The van der Waals surface area contributed by atoms with Crippen LogP contribution in [0, 0.1) is 5.92 Å². The Balaban J connectivity index is 1.25. The summed E-state index contributed by atoms with van der Waals surface area (Å²) in [6, 6.07) is 16.4. The average molecular weight is 472 g/mol. The van der Waals surface area contributed by atoms with Gasteiger partial charge in [-0.2, -0.15) is 0 Å². The van der Waals surface area contributed by atoms with Crippen molar-refractivity contribution in [2.75, 3.05) is 32.8 Å². The van der Waals surface area contributed by atoms with Crippen molar-refractivity contribution >= 4 is 16.8 Å². The maximum absolute atomic E-state index is 13.9. The fourth-order valence-electron chi connectivity index (χ4n) is 5.55. The third kappa shape index (κ3) is 4.78. The highest BCUT2D eigenvalue weighted by atomic mass is 16.5. The third-order valence-electron chi connectivity index (χ3n) is 7.62. The number of aliphatic hydroxyl groups excluding tert-OH is 1. The van der Waals surface area contributed by atoms with Gasteiger partial charge < -0.3 is 14.7 Å². The number of likely N-dealkylation sites (tertiary alicyclic amines) is 1. The third-order valence-corrected chi connectivity index (χ3v) is 7.62. The predicted molar refractivity (Wildman–Crippen MR) is 135 cm³/mol. The number of piperidine rings is 1. The number of pyridine rings is 1. The van der Waals surface area contributed by atoms with Crippen LogP contribution in [0.4, 0.5) is 0 Å². The summed E-state index contributed by atoms with van der Waals surface area (Å²) in [7, 11) is 0. The van der Waals surface area contributed by atoms with Crippen LogP contribution in [0.1, 0.15) is 58.8 Å². The standard InChI is InChI=1S/C29H33N3O3/c33-19-21-4-3-11-31(17-21)16-20-7-10-28-23(14-20)18-32(12-13-35-28)29(34)25-15-27(22-8-9-22)30-26-6-2-1-5-24(25)26/h1-2,5-7,10,14-15,21-22,33H,3-4,8-9,11-13,16-19H2/t21-/m0/s1. The highest BCUT2D eigenvalue weighted by Crippen LogP contribution is 2.40. The zero-order valence-corrected chi connectivity index (χ0v) is 20.2. The topological polar surface area (TPSA) is 65.9 Å². The second kappa shape index (κ2) is 9.59. The predicted octanol–water partition coefficient (Wildman–Crippen LogP) is 4.35. The Kier molecular flexibility index (Phi) is 6.17. The molecular formula is C29H33N3O3. The molecule has 1 aliphatic carbocycles. The Hall–Kier alpha value is -2.96. The summed E-state index contributed by atoms with van der Waals surface area (Å²) in [4.78, 5) is 23.0. The molecule has 1 aromatic heterocycles. The zero-order chi connectivity index (χ0) is 23.8. The van der Waals surface area contributed by atoms with E-state index in [9.17, 15) is 9.90 Å². The van der Waals surface area contributed by atoms with E-state index in [2.05, 4.69) is 23.1 Å². The molecule has 2 aliphatic heterocycles. The van der Waals surface area contributed by atoms with Gasteiger partial charge >= 0.3 is 0 Å². The minimum atomic E-state index is 0.0502. The first-order valence-electron chi connectivity index (χ1n) is 12.9. The molecule has 0 bridgehead atoms. The minimum Gasteiger partial charge on any atom is -0.491 e. The molecule has 1 saturated carbocycles. The van der Waals surface area contributed by atoms with Gasteiger partial charge in [0, 0.05) is 48.8 Å². The van der Waals surface area contributed by atoms with Crippen molar-refractivity contribution in [1.82, 2.24) is 14.8 Å². The van der Waals surface area contributed by atoms with Crippen molar-refractivity contribution in [3.05, 3.63) is 70.9 Å². The Morgan fingerprint density at radius 1 is 1.09 bits per heavy atom. The molecule has 2 fully saturated rings. The highest BCUT2D eigenvalue weighted by Gasteiger charge is 2.29. The van der Waals surface area contributed by atoms with Gasteiger partial charge in [0.2, 0.25) is 0 Å². The Labute approximate surface area is 206 Å². The molecule has 182 valence electrons. The van der Waals surface area contributed by atoms with Crippen LogP contribution in [0.5, 0.6) is 5.75 Å². The van der Waals surface area contributed by atoms with Gasteiger partial charge in [-0.25, -0.2) is 0 Å². The lowest BCUT2D eigenvalue weighted by Gasteiger charge is -2.32. The molecule has 1 atom stereocenters. The van der Waals surface area contributed by atoms with Gasteiger partial charge in [-0.3, -0.25) is 14.7 Å². The lowest BCUT2D eigenvalue weighted by molar-refractivity contribution is 0.0735. The summed E-state index contributed by atoms with van der Waals surface area (Å²) < 4.78 is 6.05. The second-order valence-electron chi connectivity index (χ2n) is 10.3. The zero-order valence-electron chi connectivity index (χ0n) is 20.2. The largest absolute Gasteiger partial charge is 0.491 e. The van der Waals surface area contributed by atoms with E-state index in [0.717, 1.165) is 78.8 Å². The number of para-hydroxylation sites is 1. The van der Waals surface area contributed by atoms with Gasteiger partial charge in [-0.15, -0.1) is 0 Å². The van der Waals surface area contributed by atoms with E-state index in [0.29, 0.717) is 31.5 Å². The molecule has 0 unspecified atom stereocenters. The van der Waals surface area contributed by atoms with E-state index in [-0.39, 0.29) is 12.5 Å². The van der Waals surface area contributed by atoms with Crippen molar-refractivity contribution in [3.8, 4) is 5.75 Å². The molecule has 0 radical (unpaired) electrons. The summed E-state index contributed by atoms with van der Waals surface area (Å²) >= 11 is 0. The van der Waals surface area contributed by atoms with E-state index in [1.165, 1.54) is 5.56 Å². The lowest BCUT2D eigenvalue weighted by atomic mass is 9.98. The molecule has 1 N–H and O–H groups in total. The SMILES string of the molecule is O=C(c1cc(C2CC2)nc2ccccc12)N1CCOc2ccc(CN3CCC[C@H](CO)C3)cc2C1. The van der Waals surface area contributed by atoms with Crippen LogP contribution in [-0.2, 0) is 13.1 Å². The minimum absolute atomic E-state index is 0.0502. The number of benzene rings is 2. The van der Waals surface area contributed by atoms with Gasteiger partial charge in [0.25, 0.3) is 5.91 Å². The molecule has 1 amide bonds. The van der Waals surface area contributed by atoms with E-state index in [1.54, 1.807) is 0 Å². The van der Waals surface area contributed by atoms with Crippen molar-refractivity contribution in [2.24, 2.45) is 5.92 Å². The van der Waals surface area contributed by atoms with Crippen LogP contribution >= 0.6 is 0 Å². The van der Waals surface area contributed by atoms with Crippen molar-refractivity contribution in [1.29, 1.82) is 0 Å². The summed E-state index contributed by atoms with van der Waals surface area (Å²) in [5.41, 5.74) is 4.98. The summed E-state index contributed by atoms with van der Waals surface area (Å²) in [5.74, 6) is 1.78. The maximum atomic E-state index is 13.9. The van der Waals surface area contributed by atoms with Crippen molar-refractivity contribution < 1.29 is 14.6 Å². The van der Waals surface area contributed by atoms with Gasteiger partial charge in [0.05, 0.1) is 17.6 Å². The molecular weight excluding hydrogens is 438 g/mol. The summed E-state index contributed by atoms with van der Waals surface area (Å²) in [6.07, 6.45) is 4.55. The number of ether oxygens (including phenoxy) is 1. The average Bonchev–Trinajstić information content (AvgIpc) is 3.75. The van der Waals surface area contributed by atoms with Crippen LogP contribution in [0.15, 0.2) is 48.5 Å². The first-order valence-corrected chi connectivity index (χ1v) is 12.9. The normalized spacial score (nSPS) is 20.8. The summed E-state index contributed by atoms with van der Waals surface area (Å²) in [5, 5.41) is 10.5. The molecule has 3 aromatic rings. The first-order chi connectivity index (χ1) is 17.2. The number of hydrogen-bond acceptors (Lipinski definition) is 5. The fraction of sp³-hybridized carbons (Fsp3) is 0.448.